The lowest BCUT2D eigenvalue weighted by molar-refractivity contribution is 0.0171. The van der Waals surface area contributed by atoms with Gasteiger partial charge < -0.3 is 15.3 Å². The molecule has 0 aliphatic carbocycles. The SMILES string of the molecule is Cc1ccc(C(O)C(O)CCS)cc1C(=O)O. The number of aromatic carboxylic acids is 1. The highest BCUT2D eigenvalue weighted by Gasteiger charge is 2.19. The van der Waals surface area contributed by atoms with E-state index in [-0.39, 0.29) is 5.56 Å². The Morgan fingerprint density at radius 3 is 2.59 bits per heavy atom. The number of carboxylic acids is 1. The van der Waals surface area contributed by atoms with E-state index >= 15 is 0 Å². The van der Waals surface area contributed by atoms with Gasteiger partial charge in [0.25, 0.3) is 0 Å². The molecule has 2 unspecified atom stereocenters. The number of rotatable bonds is 5. The highest BCUT2D eigenvalue weighted by Crippen LogP contribution is 2.22. The van der Waals surface area contributed by atoms with Gasteiger partial charge in [0.2, 0.25) is 0 Å². The first-order valence-electron chi connectivity index (χ1n) is 5.28. The van der Waals surface area contributed by atoms with E-state index in [1.165, 1.54) is 6.07 Å². The molecule has 0 amide bonds. The number of benzene rings is 1. The van der Waals surface area contributed by atoms with Crippen molar-refractivity contribution in [3.05, 3.63) is 34.9 Å². The van der Waals surface area contributed by atoms with Gasteiger partial charge >= 0.3 is 5.97 Å². The maximum Gasteiger partial charge on any atom is 0.335 e. The Morgan fingerprint density at radius 1 is 1.41 bits per heavy atom. The van der Waals surface area contributed by atoms with E-state index in [4.69, 9.17) is 5.11 Å². The molecule has 0 aliphatic rings. The third-order valence-electron chi connectivity index (χ3n) is 2.62. The zero-order valence-electron chi connectivity index (χ0n) is 9.50. The first-order valence-corrected chi connectivity index (χ1v) is 5.91. The molecule has 0 aliphatic heterocycles. The topological polar surface area (TPSA) is 77.8 Å². The quantitative estimate of drug-likeness (QED) is 0.601. The molecule has 0 fully saturated rings. The van der Waals surface area contributed by atoms with Crippen molar-refractivity contribution in [2.75, 3.05) is 5.75 Å². The molecule has 0 heterocycles. The Bertz CT molecular complexity index is 405. The van der Waals surface area contributed by atoms with Gasteiger partial charge in [0.05, 0.1) is 11.7 Å². The van der Waals surface area contributed by atoms with Gasteiger partial charge in [-0.2, -0.15) is 12.6 Å². The van der Waals surface area contributed by atoms with Crippen LogP contribution in [0.3, 0.4) is 0 Å². The smallest absolute Gasteiger partial charge is 0.335 e. The zero-order chi connectivity index (χ0) is 13.0. The second-order valence-corrected chi connectivity index (χ2v) is 4.35. The fourth-order valence-corrected chi connectivity index (χ4v) is 1.83. The summed E-state index contributed by atoms with van der Waals surface area (Å²) in [5, 5.41) is 28.4. The third kappa shape index (κ3) is 3.46. The molecule has 2 atom stereocenters. The number of hydrogen-bond donors (Lipinski definition) is 4. The van der Waals surface area contributed by atoms with Crippen LogP contribution in [-0.2, 0) is 0 Å². The minimum absolute atomic E-state index is 0.139. The second-order valence-electron chi connectivity index (χ2n) is 3.90. The van der Waals surface area contributed by atoms with Crippen molar-refractivity contribution in [2.24, 2.45) is 0 Å². The van der Waals surface area contributed by atoms with Crippen LogP contribution in [0, 0.1) is 6.92 Å². The highest BCUT2D eigenvalue weighted by atomic mass is 32.1. The first kappa shape index (κ1) is 14.0. The molecule has 0 saturated carbocycles. The summed E-state index contributed by atoms with van der Waals surface area (Å²) >= 11 is 3.97. The molecule has 1 aromatic carbocycles. The summed E-state index contributed by atoms with van der Waals surface area (Å²) in [7, 11) is 0. The van der Waals surface area contributed by atoms with Gasteiger partial charge in [-0.25, -0.2) is 4.79 Å². The number of carbonyl (C=O) groups is 1. The number of carboxylic acid groups (broad SMARTS) is 1. The minimum Gasteiger partial charge on any atom is -0.478 e. The Morgan fingerprint density at radius 2 is 2.06 bits per heavy atom. The van der Waals surface area contributed by atoms with Crippen molar-refractivity contribution in [2.45, 2.75) is 25.6 Å². The molecule has 94 valence electrons. The standard InChI is InChI=1S/C12H16O4S/c1-7-2-3-8(6-9(7)12(15)16)11(14)10(13)4-5-17/h2-3,6,10-11,13-14,17H,4-5H2,1H3,(H,15,16). The van der Waals surface area contributed by atoms with Gasteiger partial charge in [0, 0.05) is 0 Å². The Kier molecular flexibility index (Phi) is 4.99. The molecule has 0 spiro atoms. The van der Waals surface area contributed by atoms with Crippen LogP contribution in [0.15, 0.2) is 18.2 Å². The van der Waals surface area contributed by atoms with Gasteiger partial charge in [-0.1, -0.05) is 12.1 Å². The van der Waals surface area contributed by atoms with E-state index in [0.29, 0.717) is 23.3 Å². The van der Waals surface area contributed by atoms with E-state index < -0.39 is 18.2 Å². The zero-order valence-corrected chi connectivity index (χ0v) is 10.4. The van der Waals surface area contributed by atoms with Crippen LogP contribution in [0.2, 0.25) is 0 Å². The maximum absolute atomic E-state index is 10.9. The van der Waals surface area contributed by atoms with Crippen molar-refractivity contribution >= 4 is 18.6 Å². The molecule has 1 aromatic rings. The molecule has 0 aromatic heterocycles. The summed E-state index contributed by atoms with van der Waals surface area (Å²) in [6, 6.07) is 4.63. The Hall–Kier alpha value is -1.04. The minimum atomic E-state index is -1.08. The molecule has 4 nitrogen and oxygen atoms in total. The van der Waals surface area contributed by atoms with Crippen LogP contribution in [0.5, 0.6) is 0 Å². The first-order chi connectivity index (χ1) is 7.97. The normalized spacial score (nSPS) is 14.4. The van der Waals surface area contributed by atoms with Gasteiger partial charge in [-0.15, -0.1) is 0 Å². The summed E-state index contributed by atoms with van der Waals surface area (Å²) in [4.78, 5) is 10.9. The summed E-state index contributed by atoms with van der Waals surface area (Å²) in [5.74, 6) is -0.587. The van der Waals surface area contributed by atoms with Crippen LogP contribution in [0.25, 0.3) is 0 Å². The van der Waals surface area contributed by atoms with Crippen LogP contribution >= 0.6 is 12.6 Å². The van der Waals surface area contributed by atoms with Gasteiger partial charge in [-0.3, -0.25) is 0 Å². The van der Waals surface area contributed by atoms with E-state index in [1.807, 2.05) is 0 Å². The Labute approximate surface area is 105 Å². The fourth-order valence-electron chi connectivity index (χ4n) is 1.57. The lowest BCUT2D eigenvalue weighted by Crippen LogP contribution is -2.19. The molecule has 0 saturated heterocycles. The molecular weight excluding hydrogens is 240 g/mol. The van der Waals surface area contributed by atoms with Crippen LogP contribution in [0.1, 0.15) is 34.0 Å². The van der Waals surface area contributed by atoms with E-state index in [1.54, 1.807) is 19.1 Å². The van der Waals surface area contributed by atoms with Gasteiger partial charge in [-0.05, 0) is 36.3 Å². The number of aryl methyl sites for hydroxylation is 1. The van der Waals surface area contributed by atoms with Crippen molar-refractivity contribution in [1.82, 2.24) is 0 Å². The number of thiol groups is 1. The van der Waals surface area contributed by atoms with E-state index in [9.17, 15) is 15.0 Å². The lowest BCUT2D eigenvalue weighted by Gasteiger charge is -2.18. The average Bonchev–Trinajstić information content (AvgIpc) is 2.28. The molecule has 17 heavy (non-hydrogen) atoms. The predicted octanol–water partition coefficient (Wildman–Crippen LogP) is 1.41. The highest BCUT2D eigenvalue weighted by molar-refractivity contribution is 7.80. The number of aliphatic hydroxyl groups is 2. The van der Waals surface area contributed by atoms with Crippen LogP contribution in [0.4, 0.5) is 0 Å². The molecular formula is C12H16O4S. The number of aliphatic hydroxyl groups excluding tert-OH is 2. The van der Waals surface area contributed by atoms with E-state index in [2.05, 4.69) is 12.6 Å². The lowest BCUT2D eigenvalue weighted by atomic mass is 9.98. The molecule has 1 rings (SSSR count). The Balaban J connectivity index is 2.99. The number of hydrogen-bond acceptors (Lipinski definition) is 4. The monoisotopic (exact) mass is 256 g/mol. The summed E-state index contributed by atoms with van der Waals surface area (Å²) in [6.45, 7) is 1.68. The van der Waals surface area contributed by atoms with Crippen LogP contribution < -0.4 is 0 Å². The van der Waals surface area contributed by atoms with Gasteiger partial charge in [0.1, 0.15) is 6.10 Å². The van der Waals surface area contributed by atoms with Gasteiger partial charge in [0.15, 0.2) is 0 Å². The van der Waals surface area contributed by atoms with Crippen molar-refractivity contribution in [3.63, 3.8) is 0 Å². The van der Waals surface area contributed by atoms with Crippen molar-refractivity contribution < 1.29 is 20.1 Å². The predicted molar refractivity (Wildman–Crippen MR) is 67.6 cm³/mol. The van der Waals surface area contributed by atoms with Crippen LogP contribution in [-0.4, -0.2) is 33.1 Å². The maximum atomic E-state index is 10.9. The molecule has 0 radical (unpaired) electrons. The second kappa shape index (κ2) is 6.05. The fraction of sp³-hybridized carbons (Fsp3) is 0.417. The van der Waals surface area contributed by atoms with Crippen molar-refractivity contribution in [1.29, 1.82) is 0 Å². The summed E-state index contributed by atoms with van der Waals surface area (Å²) in [6.07, 6.45) is -1.67. The van der Waals surface area contributed by atoms with E-state index in [0.717, 1.165) is 0 Å². The molecule has 5 heteroatoms. The third-order valence-corrected chi connectivity index (χ3v) is 2.88. The summed E-state index contributed by atoms with van der Waals surface area (Å²) < 4.78 is 0. The van der Waals surface area contributed by atoms with Crippen molar-refractivity contribution in [3.8, 4) is 0 Å². The average molecular weight is 256 g/mol. The molecule has 0 bridgehead atoms. The summed E-state index contributed by atoms with van der Waals surface area (Å²) in [5.41, 5.74) is 1.17. The largest absolute Gasteiger partial charge is 0.478 e. The molecule has 3 N–H and O–H groups in total.